The molecule has 0 heterocycles. The van der Waals surface area contributed by atoms with Crippen LogP contribution in [0.25, 0.3) is 11.1 Å². The van der Waals surface area contributed by atoms with E-state index in [0.29, 0.717) is 29.8 Å². The average molecular weight is 483 g/mol. The third-order valence-electron chi connectivity index (χ3n) is 6.26. The van der Waals surface area contributed by atoms with E-state index in [4.69, 9.17) is 4.74 Å². The Balaban J connectivity index is 1.24. The smallest absolute Gasteiger partial charge is 0.306 e. The van der Waals surface area contributed by atoms with Crippen molar-refractivity contribution in [2.24, 2.45) is 0 Å². The first kappa shape index (κ1) is 23.1. The summed E-state index contributed by atoms with van der Waals surface area (Å²) in [5, 5.41) is 0. The van der Waals surface area contributed by atoms with Crippen LogP contribution in [0, 0.1) is 5.82 Å². The summed E-state index contributed by atoms with van der Waals surface area (Å²) in [5.41, 5.74) is 6.06. The summed E-state index contributed by atoms with van der Waals surface area (Å²) in [7, 11) is 0. The molecular weight excluding hydrogens is 459 g/mol. The molecule has 174 valence electrons. The van der Waals surface area contributed by atoms with E-state index < -0.39 is 5.82 Å². The molecule has 0 aromatic heterocycles. The van der Waals surface area contributed by atoms with Crippen LogP contribution in [0.5, 0.6) is 0 Å². The van der Waals surface area contributed by atoms with Crippen LogP contribution >= 0.6 is 11.8 Å². The van der Waals surface area contributed by atoms with Gasteiger partial charge in [0.25, 0.3) is 0 Å². The van der Waals surface area contributed by atoms with Gasteiger partial charge in [-0.3, -0.25) is 9.59 Å². The van der Waals surface area contributed by atoms with Crippen LogP contribution in [-0.2, 0) is 16.0 Å². The largest absolute Gasteiger partial charge is 0.465 e. The van der Waals surface area contributed by atoms with Gasteiger partial charge < -0.3 is 4.74 Å². The van der Waals surface area contributed by atoms with Crippen LogP contribution in [0.3, 0.4) is 0 Å². The molecule has 0 N–H and O–H groups in total. The second-order valence-electron chi connectivity index (χ2n) is 8.42. The van der Waals surface area contributed by atoms with Gasteiger partial charge >= 0.3 is 5.97 Å². The summed E-state index contributed by atoms with van der Waals surface area (Å²) in [4.78, 5) is 25.7. The maximum atomic E-state index is 13.5. The first-order valence-corrected chi connectivity index (χ1v) is 12.3. The number of carbonyl (C=O) groups is 2. The number of fused-ring (bicyclic) bond motifs is 3. The Kier molecular flexibility index (Phi) is 6.77. The van der Waals surface area contributed by atoms with Crippen molar-refractivity contribution >= 4 is 24.0 Å². The van der Waals surface area contributed by atoms with Gasteiger partial charge in [0.2, 0.25) is 0 Å². The number of esters is 1. The number of benzene rings is 4. The van der Waals surface area contributed by atoms with E-state index in [2.05, 4.69) is 24.3 Å². The summed E-state index contributed by atoms with van der Waals surface area (Å²) in [5.74, 6) is -0.656. The fourth-order valence-corrected chi connectivity index (χ4v) is 5.60. The topological polar surface area (TPSA) is 43.4 Å². The van der Waals surface area contributed by atoms with Crippen molar-refractivity contribution in [3.05, 3.63) is 119 Å². The third-order valence-corrected chi connectivity index (χ3v) is 7.47. The molecular formula is C30H23FO3S. The van der Waals surface area contributed by atoms with Gasteiger partial charge in [-0.1, -0.05) is 78.5 Å². The van der Waals surface area contributed by atoms with E-state index >= 15 is 0 Å². The zero-order valence-corrected chi connectivity index (χ0v) is 19.8. The highest BCUT2D eigenvalue weighted by atomic mass is 32.2. The van der Waals surface area contributed by atoms with Gasteiger partial charge in [-0.15, -0.1) is 0 Å². The Morgan fingerprint density at radius 3 is 2.23 bits per heavy atom. The number of aryl methyl sites for hydroxylation is 1. The molecule has 0 fully saturated rings. The molecule has 0 spiro atoms. The summed E-state index contributed by atoms with van der Waals surface area (Å²) in [6.45, 7) is 0.307. The van der Waals surface area contributed by atoms with Crippen molar-refractivity contribution < 1.29 is 18.7 Å². The Morgan fingerprint density at radius 1 is 0.857 bits per heavy atom. The molecule has 0 aliphatic heterocycles. The van der Waals surface area contributed by atoms with Crippen molar-refractivity contribution in [1.29, 1.82) is 0 Å². The molecule has 0 amide bonds. The molecule has 0 saturated carbocycles. The molecule has 0 atom stereocenters. The molecule has 5 heteroatoms. The lowest BCUT2D eigenvalue weighted by molar-refractivity contribution is -0.143. The Morgan fingerprint density at radius 2 is 1.51 bits per heavy atom. The zero-order chi connectivity index (χ0) is 24.2. The number of rotatable bonds is 8. The van der Waals surface area contributed by atoms with Crippen molar-refractivity contribution in [2.75, 3.05) is 6.61 Å². The van der Waals surface area contributed by atoms with Gasteiger partial charge in [0.05, 0.1) is 0 Å². The van der Waals surface area contributed by atoms with Gasteiger partial charge in [0.15, 0.2) is 6.29 Å². The van der Waals surface area contributed by atoms with Crippen molar-refractivity contribution in [3.8, 4) is 11.1 Å². The van der Waals surface area contributed by atoms with Crippen LogP contribution in [-0.4, -0.2) is 18.9 Å². The van der Waals surface area contributed by atoms with Gasteiger partial charge in [0, 0.05) is 27.7 Å². The van der Waals surface area contributed by atoms with Gasteiger partial charge in [-0.25, -0.2) is 4.39 Å². The predicted octanol–water partition coefficient (Wildman–Crippen LogP) is 7.08. The second-order valence-corrected chi connectivity index (χ2v) is 9.50. The molecule has 1 aliphatic rings. The molecule has 0 saturated heterocycles. The second kappa shape index (κ2) is 10.3. The number of carbonyl (C=O) groups excluding carboxylic acids is 2. The number of hydrogen-bond donors (Lipinski definition) is 0. The molecule has 0 bridgehead atoms. The molecule has 1 aliphatic carbocycles. The van der Waals surface area contributed by atoms with Gasteiger partial charge in [-0.2, -0.15) is 0 Å². The Bertz CT molecular complexity index is 1350. The maximum Gasteiger partial charge on any atom is 0.306 e. The number of ether oxygens (including phenoxy) is 1. The lowest BCUT2D eigenvalue weighted by Crippen LogP contribution is -2.13. The highest BCUT2D eigenvalue weighted by Crippen LogP contribution is 2.44. The molecule has 0 radical (unpaired) electrons. The predicted molar refractivity (Wildman–Crippen MR) is 135 cm³/mol. The van der Waals surface area contributed by atoms with Gasteiger partial charge in [-0.05, 0) is 58.5 Å². The third kappa shape index (κ3) is 4.91. The zero-order valence-electron chi connectivity index (χ0n) is 18.9. The SMILES string of the molecule is O=Cc1cc(F)ccc1Sc1ccccc1CCC(=O)OCC1c2ccccc2-c2ccccc21. The molecule has 4 aromatic carbocycles. The summed E-state index contributed by atoms with van der Waals surface area (Å²) in [6.07, 6.45) is 1.42. The van der Waals surface area contributed by atoms with E-state index in [0.717, 1.165) is 10.5 Å². The highest BCUT2D eigenvalue weighted by molar-refractivity contribution is 7.99. The molecule has 4 aromatic rings. The summed E-state index contributed by atoms with van der Waals surface area (Å²) in [6, 6.07) is 28.4. The minimum atomic E-state index is -0.444. The van der Waals surface area contributed by atoms with E-state index in [1.54, 1.807) is 6.07 Å². The molecule has 35 heavy (non-hydrogen) atoms. The van der Waals surface area contributed by atoms with Crippen molar-refractivity contribution in [2.45, 2.75) is 28.6 Å². The number of hydrogen-bond acceptors (Lipinski definition) is 4. The Labute approximate surface area is 208 Å². The average Bonchev–Trinajstić information content (AvgIpc) is 3.21. The summed E-state index contributed by atoms with van der Waals surface area (Å²) >= 11 is 1.39. The fourth-order valence-electron chi connectivity index (χ4n) is 4.56. The molecule has 3 nitrogen and oxygen atoms in total. The lowest BCUT2D eigenvalue weighted by atomic mass is 9.98. The maximum absolute atomic E-state index is 13.5. The minimum absolute atomic E-state index is 0.0365. The van der Waals surface area contributed by atoms with E-state index in [-0.39, 0.29) is 18.3 Å². The van der Waals surface area contributed by atoms with Crippen molar-refractivity contribution in [3.63, 3.8) is 0 Å². The number of aldehydes is 1. The van der Waals surface area contributed by atoms with Crippen LogP contribution in [0.15, 0.2) is 101 Å². The minimum Gasteiger partial charge on any atom is -0.465 e. The van der Waals surface area contributed by atoms with Gasteiger partial charge in [0.1, 0.15) is 12.4 Å². The standard InChI is InChI=1S/C30H23FO3S/c31-22-14-15-29(21(17-22)18-32)35-28-12-6-1-7-20(28)13-16-30(33)34-19-27-25-10-4-2-8-23(25)24-9-3-5-11-26(24)27/h1-12,14-15,17-18,27H,13,16,19H2. The first-order valence-electron chi connectivity index (χ1n) is 11.5. The van der Waals surface area contributed by atoms with Crippen LogP contribution in [0.2, 0.25) is 0 Å². The Hall–Kier alpha value is -3.70. The van der Waals surface area contributed by atoms with E-state index in [1.807, 2.05) is 48.5 Å². The lowest BCUT2D eigenvalue weighted by Gasteiger charge is -2.14. The van der Waals surface area contributed by atoms with Crippen LogP contribution in [0.1, 0.15) is 39.4 Å². The van der Waals surface area contributed by atoms with Crippen LogP contribution in [0.4, 0.5) is 4.39 Å². The van der Waals surface area contributed by atoms with Crippen molar-refractivity contribution in [1.82, 2.24) is 0 Å². The molecule has 0 unspecified atom stereocenters. The highest BCUT2D eigenvalue weighted by Gasteiger charge is 2.29. The normalized spacial score (nSPS) is 12.1. The quantitative estimate of drug-likeness (QED) is 0.199. The van der Waals surface area contributed by atoms with Crippen LogP contribution < -0.4 is 0 Å². The fraction of sp³-hybridized carbons (Fsp3) is 0.133. The molecule has 5 rings (SSSR count). The first-order chi connectivity index (χ1) is 17.1. The number of halogens is 1. The monoisotopic (exact) mass is 482 g/mol. The summed E-state index contributed by atoms with van der Waals surface area (Å²) < 4.78 is 19.2. The van der Waals surface area contributed by atoms with E-state index in [1.165, 1.54) is 46.1 Å². The van der Waals surface area contributed by atoms with E-state index in [9.17, 15) is 14.0 Å².